The molecule has 0 aliphatic heterocycles. The predicted octanol–water partition coefficient (Wildman–Crippen LogP) is 3.43. The molecule has 96 valence electrons. The van der Waals surface area contributed by atoms with Gasteiger partial charge in [-0.3, -0.25) is 4.98 Å². The molecule has 1 aromatic heterocycles. The topological polar surface area (TPSA) is 31.4 Å². The molecule has 3 nitrogen and oxygen atoms in total. The van der Waals surface area contributed by atoms with Crippen LogP contribution in [-0.4, -0.2) is 23.8 Å². The number of pyridine rings is 1. The van der Waals surface area contributed by atoms with Crippen molar-refractivity contribution in [2.45, 2.75) is 26.4 Å². The molecule has 3 heteroatoms. The van der Waals surface area contributed by atoms with Crippen molar-refractivity contribution >= 4 is 10.9 Å². The van der Waals surface area contributed by atoms with Gasteiger partial charge in [0, 0.05) is 11.6 Å². The van der Waals surface area contributed by atoms with E-state index in [1.165, 1.54) is 0 Å². The van der Waals surface area contributed by atoms with Crippen molar-refractivity contribution in [2.75, 3.05) is 13.2 Å². The number of fused-ring (bicyclic) bond motifs is 1. The number of para-hydroxylation sites is 1. The summed E-state index contributed by atoms with van der Waals surface area (Å²) in [5.41, 5.74) is 0.774. The molecule has 0 bridgehead atoms. The molecule has 0 saturated heterocycles. The Morgan fingerprint density at radius 2 is 1.83 bits per heavy atom. The van der Waals surface area contributed by atoms with Gasteiger partial charge in [0.2, 0.25) is 0 Å². The van der Waals surface area contributed by atoms with E-state index >= 15 is 0 Å². The normalized spacial score (nSPS) is 11.7. The van der Waals surface area contributed by atoms with Crippen molar-refractivity contribution in [3.63, 3.8) is 0 Å². The monoisotopic (exact) mass is 245 g/mol. The maximum atomic E-state index is 5.73. The van der Waals surface area contributed by atoms with Crippen molar-refractivity contribution < 1.29 is 9.47 Å². The van der Waals surface area contributed by atoms with Gasteiger partial charge in [0.25, 0.3) is 0 Å². The van der Waals surface area contributed by atoms with Crippen LogP contribution in [0.1, 0.15) is 20.8 Å². The Morgan fingerprint density at radius 1 is 1.06 bits per heavy atom. The first-order valence-electron chi connectivity index (χ1n) is 6.17. The molecule has 0 fully saturated rings. The van der Waals surface area contributed by atoms with E-state index in [0.29, 0.717) is 13.2 Å². The number of hydrogen-bond acceptors (Lipinski definition) is 3. The van der Waals surface area contributed by atoms with E-state index in [0.717, 1.165) is 16.7 Å². The van der Waals surface area contributed by atoms with Crippen molar-refractivity contribution in [3.05, 3.63) is 36.5 Å². The lowest BCUT2D eigenvalue weighted by molar-refractivity contribution is -0.0161. The maximum Gasteiger partial charge on any atom is 0.145 e. The van der Waals surface area contributed by atoms with Crippen LogP contribution in [0.4, 0.5) is 0 Å². The van der Waals surface area contributed by atoms with Gasteiger partial charge in [0.05, 0.1) is 12.2 Å². The Bertz CT molecular complexity index is 512. The molecule has 2 aromatic rings. The van der Waals surface area contributed by atoms with E-state index in [4.69, 9.17) is 9.47 Å². The van der Waals surface area contributed by atoms with Gasteiger partial charge in [-0.2, -0.15) is 0 Å². The van der Waals surface area contributed by atoms with Crippen molar-refractivity contribution in [1.29, 1.82) is 0 Å². The Kier molecular flexibility index (Phi) is 3.82. The van der Waals surface area contributed by atoms with Crippen LogP contribution in [0.15, 0.2) is 36.5 Å². The summed E-state index contributed by atoms with van der Waals surface area (Å²) in [4.78, 5) is 4.34. The fraction of sp³-hybridized carbons (Fsp3) is 0.400. The third-order valence-corrected chi connectivity index (χ3v) is 2.47. The summed E-state index contributed by atoms with van der Waals surface area (Å²) >= 11 is 0. The van der Waals surface area contributed by atoms with Crippen LogP contribution in [0, 0.1) is 0 Å². The number of ether oxygens (including phenoxy) is 2. The zero-order chi connectivity index (χ0) is 13.0. The minimum Gasteiger partial charge on any atom is -0.489 e. The lowest BCUT2D eigenvalue weighted by Crippen LogP contribution is -2.22. The number of benzene rings is 1. The molecule has 0 atom stereocenters. The van der Waals surface area contributed by atoms with Gasteiger partial charge in [-0.1, -0.05) is 18.2 Å². The molecule has 0 saturated carbocycles. The van der Waals surface area contributed by atoms with E-state index in [2.05, 4.69) is 4.98 Å². The van der Waals surface area contributed by atoms with Crippen molar-refractivity contribution in [3.8, 4) is 5.75 Å². The predicted molar refractivity (Wildman–Crippen MR) is 72.9 cm³/mol. The summed E-state index contributed by atoms with van der Waals surface area (Å²) in [5, 5.41) is 1.09. The smallest absolute Gasteiger partial charge is 0.145 e. The van der Waals surface area contributed by atoms with E-state index in [9.17, 15) is 0 Å². The van der Waals surface area contributed by atoms with E-state index in [1.807, 2.05) is 51.1 Å². The van der Waals surface area contributed by atoms with E-state index in [1.54, 1.807) is 6.20 Å². The summed E-state index contributed by atoms with van der Waals surface area (Å²) in [6, 6.07) is 9.90. The highest BCUT2D eigenvalue weighted by Crippen LogP contribution is 2.22. The highest BCUT2D eigenvalue weighted by molar-refractivity contribution is 5.84. The third kappa shape index (κ3) is 3.44. The highest BCUT2D eigenvalue weighted by atomic mass is 16.5. The second kappa shape index (κ2) is 5.36. The molecular formula is C15H19NO2. The van der Waals surface area contributed by atoms with Gasteiger partial charge in [-0.05, 0) is 32.9 Å². The molecule has 1 aromatic carbocycles. The average molecular weight is 245 g/mol. The SMILES string of the molecule is CC(C)(C)OCCOc1cccc2cccnc12. The van der Waals surface area contributed by atoms with Crippen LogP contribution in [0.25, 0.3) is 10.9 Å². The second-order valence-electron chi connectivity index (χ2n) is 5.14. The van der Waals surface area contributed by atoms with E-state index in [-0.39, 0.29) is 5.60 Å². The fourth-order valence-corrected chi connectivity index (χ4v) is 1.69. The minimum atomic E-state index is -0.125. The molecule has 2 rings (SSSR count). The number of aromatic nitrogens is 1. The van der Waals surface area contributed by atoms with Gasteiger partial charge in [0.1, 0.15) is 17.9 Å². The molecular weight excluding hydrogens is 226 g/mol. The zero-order valence-corrected chi connectivity index (χ0v) is 11.1. The van der Waals surface area contributed by atoms with Gasteiger partial charge in [-0.15, -0.1) is 0 Å². The third-order valence-electron chi connectivity index (χ3n) is 2.47. The zero-order valence-electron chi connectivity index (χ0n) is 11.1. The molecule has 0 unspecified atom stereocenters. The van der Waals surface area contributed by atoms with Crippen LogP contribution in [0.2, 0.25) is 0 Å². The van der Waals surface area contributed by atoms with Crippen LogP contribution in [0.3, 0.4) is 0 Å². The van der Waals surface area contributed by atoms with Crippen LogP contribution < -0.4 is 4.74 Å². The largest absolute Gasteiger partial charge is 0.489 e. The van der Waals surface area contributed by atoms with Crippen LogP contribution >= 0.6 is 0 Å². The van der Waals surface area contributed by atoms with Gasteiger partial charge in [0.15, 0.2) is 0 Å². The maximum absolute atomic E-state index is 5.73. The molecule has 18 heavy (non-hydrogen) atoms. The molecule has 0 radical (unpaired) electrons. The van der Waals surface area contributed by atoms with Gasteiger partial charge in [-0.25, -0.2) is 0 Å². The molecule has 0 spiro atoms. The summed E-state index contributed by atoms with van der Waals surface area (Å²) in [7, 11) is 0. The summed E-state index contributed by atoms with van der Waals surface area (Å²) in [6.45, 7) is 7.21. The first-order chi connectivity index (χ1) is 8.56. The first-order valence-corrected chi connectivity index (χ1v) is 6.17. The Morgan fingerprint density at radius 3 is 2.61 bits per heavy atom. The second-order valence-corrected chi connectivity index (χ2v) is 5.14. The molecule has 0 amide bonds. The Labute approximate surface area is 108 Å². The highest BCUT2D eigenvalue weighted by Gasteiger charge is 2.09. The molecule has 0 aliphatic carbocycles. The van der Waals surface area contributed by atoms with E-state index < -0.39 is 0 Å². The standard InChI is InChI=1S/C15H19NO2/c1-15(2,3)18-11-10-17-13-8-4-6-12-7-5-9-16-14(12)13/h4-9H,10-11H2,1-3H3. The van der Waals surface area contributed by atoms with Gasteiger partial charge < -0.3 is 9.47 Å². The molecule has 0 aliphatic rings. The average Bonchev–Trinajstić information content (AvgIpc) is 2.33. The quantitative estimate of drug-likeness (QED) is 0.773. The lowest BCUT2D eigenvalue weighted by Gasteiger charge is -2.19. The van der Waals surface area contributed by atoms with Crippen LogP contribution in [-0.2, 0) is 4.74 Å². The lowest BCUT2D eigenvalue weighted by atomic mass is 10.2. The Hall–Kier alpha value is -1.61. The first kappa shape index (κ1) is 12.8. The van der Waals surface area contributed by atoms with Crippen molar-refractivity contribution in [1.82, 2.24) is 4.98 Å². The fourth-order valence-electron chi connectivity index (χ4n) is 1.69. The molecule has 0 N–H and O–H groups in total. The molecule has 1 heterocycles. The van der Waals surface area contributed by atoms with Crippen molar-refractivity contribution in [2.24, 2.45) is 0 Å². The number of hydrogen-bond donors (Lipinski definition) is 0. The van der Waals surface area contributed by atoms with Crippen LogP contribution in [0.5, 0.6) is 5.75 Å². The Balaban J connectivity index is 2.00. The summed E-state index contributed by atoms with van der Waals surface area (Å²) in [5.74, 6) is 0.811. The number of rotatable bonds is 4. The number of nitrogens with zero attached hydrogens (tertiary/aromatic N) is 1. The summed E-state index contributed by atoms with van der Waals surface area (Å²) in [6.07, 6.45) is 1.78. The summed E-state index contributed by atoms with van der Waals surface area (Å²) < 4.78 is 11.3. The van der Waals surface area contributed by atoms with Gasteiger partial charge >= 0.3 is 0 Å². The minimum absolute atomic E-state index is 0.125.